The highest BCUT2D eigenvalue weighted by atomic mass is 16.4. The lowest BCUT2D eigenvalue weighted by Crippen LogP contribution is -2.45. The van der Waals surface area contributed by atoms with Gasteiger partial charge in [-0.3, -0.25) is 14.4 Å². The van der Waals surface area contributed by atoms with Crippen LogP contribution in [0.4, 0.5) is 0 Å². The largest absolute Gasteiger partial charge is 0.481 e. The second-order valence-corrected chi connectivity index (χ2v) is 7.46. The summed E-state index contributed by atoms with van der Waals surface area (Å²) >= 11 is 0. The Morgan fingerprint density at radius 1 is 1.11 bits per heavy atom. The Labute approximate surface area is 161 Å². The van der Waals surface area contributed by atoms with Crippen molar-refractivity contribution in [2.45, 2.75) is 40.0 Å². The maximum atomic E-state index is 12.9. The zero-order valence-corrected chi connectivity index (χ0v) is 16.5. The van der Waals surface area contributed by atoms with Gasteiger partial charge in [0.2, 0.25) is 0 Å². The van der Waals surface area contributed by atoms with Gasteiger partial charge in [-0.1, -0.05) is 26.8 Å². The van der Waals surface area contributed by atoms with Gasteiger partial charge < -0.3 is 14.9 Å². The lowest BCUT2D eigenvalue weighted by Gasteiger charge is -2.34. The third-order valence-corrected chi connectivity index (χ3v) is 4.93. The Hall–Kier alpha value is -2.37. The summed E-state index contributed by atoms with van der Waals surface area (Å²) in [5.74, 6) is -1.54. The zero-order chi connectivity index (χ0) is 20.0. The van der Waals surface area contributed by atoms with Crippen molar-refractivity contribution >= 4 is 17.8 Å². The second-order valence-electron chi connectivity index (χ2n) is 7.46. The third-order valence-electron chi connectivity index (χ3n) is 4.93. The van der Waals surface area contributed by atoms with Crippen LogP contribution >= 0.6 is 0 Å². The van der Waals surface area contributed by atoms with Crippen molar-refractivity contribution in [3.05, 3.63) is 35.4 Å². The zero-order valence-electron chi connectivity index (χ0n) is 16.5. The molecule has 2 amide bonds. The summed E-state index contributed by atoms with van der Waals surface area (Å²) in [4.78, 5) is 40.5. The van der Waals surface area contributed by atoms with E-state index in [-0.39, 0.29) is 24.3 Å². The van der Waals surface area contributed by atoms with Gasteiger partial charge in [0.25, 0.3) is 11.8 Å². The molecule has 1 aliphatic rings. The first-order chi connectivity index (χ1) is 12.9. The average molecular weight is 374 g/mol. The van der Waals surface area contributed by atoms with Crippen molar-refractivity contribution < 1.29 is 19.5 Å². The van der Waals surface area contributed by atoms with E-state index in [1.807, 2.05) is 25.7 Å². The van der Waals surface area contributed by atoms with Crippen molar-refractivity contribution in [1.82, 2.24) is 9.80 Å². The first-order valence-electron chi connectivity index (χ1n) is 9.78. The number of hydrogen-bond acceptors (Lipinski definition) is 3. The lowest BCUT2D eigenvalue weighted by molar-refractivity contribution is -0.143. The van der Waals surface area contributed by atoms with Gasteiger partial charge in [0.1, 0.15) is 0 Å². The maximum absolute atomic E-state index is 12.9. The quantitative estimate of drug-likeness (QED) is 0.795. The van der Waals surface area contributed by atoms with Gasteiger partial charge in [0.15, 0.2) is 0 Å². The van der Waals surface area contributed by atoms with Crippen LogP contribution in [0.1, 0.15) is 60.7 Å². The van der Waals surface area contributed by atoms with E-state index in [2.05, 4.69) is 0 Å². The number of carbonyl (C=O) groups is 3. The fourth-order valence-electron chi connectivity index (χ4n) is 3.70. The van der Waals surface area contributed by atoms with E-state index in [0.29, 0.717) is 37.2 Å². The summed E-state index contributed by atoms with van der Waals surface area (Å²) in [7, 11) is 0. The molecule has 1 N–H and O–H groups in total. The number of aliphatic carboxylic acids is 1. The maximum Gasteiger partial charge on any atom is 0.308 e. The number of likely N-dealkylation sites (tertiary alicyclic amines) is 1. The molecule has 0 bridgehead atoms. The van der Waals surface area contributed by atoms with Crippen LogP contribution in [0, 0.1) is 11.8 Å². The number of nitrogens with zero attached hydrogens (tertiary/aromatic N) is 2. The van der Waals surface area contributed by atoms with Crippen molar-refractivity contribution in [3.8, 4) is 0 Å². The van der Waals surface area contributed by atoms with Gasteiger partial charge in [-0.15, -0.1) is 0 Å². The molecule has 2 rings (SSSR count). The Kier molecular flexibility index (Phi) is 7.39. The highest BCUT2D eigenvalue weighted by molar-refractivity contribution is 5.99. The standard InChI is InChI=1S/C21H30N2O4/c1-4-9-22(10-5-2)19(24)16-7-6-8-17(12-16)20(25)23-13-15(3)11-18(14-23)21(26)27/h6-8,12,15,18H,4-5,9-11,13-14H2,1-3H3,(H,26,27). The Bertz CT molecular complexity index is 683. The molecule has 2 unspecified atom stereocenters. The minimum atomic E-state index is -0.863. The van der Waals surface area contributed by atoms with Crippen LogP contribution in [0.15, 0.2) is 24.3 Å². The summed E-state index contributed by atoms with van der Waals surface area (Å²) in [5, 5.41) is 9.32. The number of carboxylic acid groups (broad SMARTS) is 1. The molecule has 148 valence electrons. The molecule has 0 spiro atoms. The molecule has 0 radical (unpaired) electrons. The fourth-order valence-corrected chi connectivity index (χ4v) is 3.70. The number of carboxylic acids is 1. The number of carbonyl (C=O) groups excluding carboxylic acids is 2. The average Bonchev–Trinajstić information content (AvgIpc) is 2.66. The number of rotatable bonds is 7. The van der Waals surface area contributed by atoms with Crippen LogP contribution < -0.4 is 0 Å². The van der Waals surface area contributed by atoms with Crippen molar-refractivity contribution in [2.24, 2.45) is 11.8 Å². The van der Waals surface area contributed by atoms with E-state index in [1.165, 1.54) is 0 Å². The van der Waals surface area contributed by atoms with Gasteiger partial charge in [-0.2, -0.15) is 0 Å². The first-order valence-corrected chi connectivity index (χ1v) is 9.78. The molecule has 0 aromatic heterocycles. The first kappa shape index (κ1) is 20.9. The third kappa shape index (κ3) is 5.31. The minimum absolute atomic E-state index is 0.0659. The van der Waals surface area contributed by atoms with Crippen LogP contribution in [0.2, 0.25) is 0 Å². The molecule has 1 aromatic carbocycles. The molecule has 0 saturated carbocycles. The molecule has 1 aliphatic heterocycles. The highest BCUT2D eigenvalue weighted by Crippen LogP contribution is 2.23. The minimum Gasteiger partial charge on any atom is -0.481 e. The fraction of sp³-hybridized carbons (Fsp3) is 0.571. The highest BCUT2D eigenvalue weighted by Gasteiger charge is 2.32. The van der Waals surface area contributed by atoms with E-state index in [1.54, 1.807) is 29.2 Å². The van der Waals surface area contributed by atoms with E-state index in [0.717, 1.165) is 12.8 Å². The summed E-state index contributed by atoms with van der Waals surface area (Å²) in [6.07, 6.45) is 2.35. The van der Waals surface area contributed by atoms with Gasteiger partial charge in [-0.25, -0.2) is 0 Å². The number of hydrogen-bond donors (Lipinski definition) is 1. The predicted octanol–water partition coefficient (Wildman–Crippen LogP) is 3.13. The molecule has 1 aromatic rings. The molecule has 0 aliphatic carbocycles. The lowest BCUT2D eigenvalue weighted by atomic mass is 9.90. The van der Waals surface area contributed by atoms with Gasteiger partial charge >= 0.3 is 5.97 Å². The van der Waals surface area contributed by atoms with Crippen LogP contribution in [-0.2, 0) is 4.79 Å². The SMILES string of the molecule is CCCN(CCC)C(=O)c1cccc(C(=O)N2CC(C)CC(C(=O)O)C2)c1. The van der Waals surface area contributed by atoms with Crippen LogP contribution in [0.5, 0.6) is 0 Å². The van der Waals surface area contributed by atoms with Crippen LogP contribution in [0.25, 0.3) is 0 Å². The summed E-state index contributed by atoms with van der Waals surface area (Å²) < 4.78 is 0. The number of benzene rings is 1. The van der Waals surface area contributed by atoms with Gasteiger partial charge in [0, 0.05) is 37.3 Å². The van der Waals surface area contributed by atoms with Crippen molar-refractivity contribution in [3.63, 3.8) is 0 Å². The number of amides is 2. The molecular formula is C21H30N2O4. The topological polar surface area (TPSA) is 77.9 Å². The molecular weight excluding hydrogens is 344 g/mol. The molecule has 1 heterocycles. The van der Waals surface area contributed by atoms with Crippen LogP contribution in [0.3, 0.4) is 0 Å². The Morgan fingerprint density at radius 3 is 2.33 bits per heavy atom. The van der Waals surface area contributed by atoms with Gasteiger partial charge in [-0.05, 0) is 43.4 Å². The van der Waals surface area contributed by atoms with Gasteiger partial charge in [0.05, 0.1) is 5.92 Å². The van der Waals surface area contributed by atoms with Crippen molar-refractivity contribution in [1.29, 1.82) is 0 Å². The second kappa shape index (κ2) is 9.53. The van der Waals surface area contributed by atoms with E-state index < -0.39 is 11.9 Å². The molecule has 6 nitrogen and oxygen atoms in total. The van der Waals surface area contributed by atoms with Crippen molar-refractivity contribution in [2.75, 3.05) is 26.2 Å². The monoisotopic (exact) mass is 374 g/mol. The summed E-state index contributed by atoms with van der Waals surface area (Å²) in [5.41, 5.74) is 0.939. The van der Waals surface area contributed by atoms with Crippen LogP contribution in [-0.4, -0.2) is 58.9 Å². The molecule has 2 atom stereocenters. The molecule has 1 fully saturated rings. The Balaban J connectivity index is 2.19. The van der Waals surface area contributed by atoms with E-state index in [9.17, 15) is 19.5 Å². The van der Waals surface area contributed by atoms with E-state index in [4.69, 9.17) is 0 Å². The molecule has 6 heteroatoms. The number of piperidine rings is 1. The van der Waals surface area contributed by atoms with E-state index >= 15 is 0 Å². The smallest absolute Gasteiger partial charge is 0.308 e. The summed E-state index contributed by atoms with van der Waals surface area (Å²) in [6.45, 7) is 8.16. The molecule has 1 saturated heterocycles. The normalized spacial score (nSPS) is 19.6. The Morgan fingerprint density at radius 2 is 1.74 bits per heavy atom. The molecule has 27 heavy (non-hydrogen) atoms. The summed E-state index contributed by atoms with van der Waals surface area (Å²) in [6, 6.07) is 6.78. The predicted molar refractivity (Wildman–Crippen MR) is 104 cm³/mol.